The number of primary amides is 1. The van der Waals surface area contributed by atoms with Crippen molar-refractivity contribution < 1.29 is 19.8 Å². The molecule has 2 unspecified atom stereocenters. The molecule has 0 spiro atoms. The van der Waals surface area contributed by atoms with Crippen molar-refractivity contribution in [1.82, 2.24) is 4.90 Å². The number of carbonyl (C=O) groups excluding carboxylic acids is 2. The third-order valence-electron chi connectivity index (χ3n) is 5.71. The van der Waals surface area contributed by atoms with Crippen LogP contribution in [0.4, 0.5) is 0 Å². The fraction of sp³-hybridized carbons (Fsp3) is 0.364. The number of hydrogen-bond acceptors (Lipinski definition) is 4. The van der Waals surface area contributed by atoms with Gasteiger partial charge in [0.05, 0.1) is 25.3 Å². The van der Waals surface area contributed by atoms with Crippen molar-refractivity contribution in [1.29, 1.82) is 0 Å². The Bertz CT molecular complexity index is 758. The normalized spacial score (nSPS) is 17.2. The summed E-state index contributed by atoms with van der Waals surface area (Å²) in [6, 6.07) is 16.9. The third-order valence-corrected chi connectivity index (χ3v) is 5.71. The SMILES string of the molecule is NC(=O)C1(C(=O)N(C(CO)c2ccccc2)C(CO)c2ccccc2)CCC1. The van der Waals surface area contributed by atoms with E-state index in [0.29, 0.717) is 12.8 Å². The van der Waals surface area contributed by atoms with Gasteiger partial charge in [-0.3, -0.25) is 9.59 Å². The summed E-state index contributed by atoms with van der Waals surface area (Å²) in [7, 11) is 0. The van der Waals surface area contributed by atoms with Crippen molar-refractivity contribution in [2.75, 3.05) is 13.2 Å². The predicted molar refractivity (Wildman–Crippen MR) is 105 cm³/mol. The molecule has 148 valence electrons. The minimum absolute atomic E-state index is 0.339. The number of hydrogen-bond donors (Lipinski definition) is 3. The third kappa shape index (κ3) is 3.53. The molecule has 1 aliphatic rings. The largest absolute Gasteiger partial charge is 0.394 e. The highest BCUT2D eigenvalue weighted by atomic mass is 16.3. The standard InChI is InChI=1S/C22H26N2O4/c23-20(27)22(12-7-13-22)21(28)24(18(14-25)16-8-3-1-4-9-16)19(15-26)17-10-5-2-6-11-17/h1-6,8-11,18-19,25-26H,7,12-15H2,(H2,23,27). The summed E-state index contributed by atoms with van der Waals surface area (Å²) in [4.78, 5) is 27.3. The van der Waals surface area contributed by atoms with Gasteiger partial charge in [0.15, 0.2) is 0 Å². The molecule has 2 aromatic carbocycles. The summed E-state index contributed by atoms with van der Waals surface area (Å²) in [5.41, 5.74) is 5.80. The number of benzene rings is 2. The van der Waals surface area contributed by atoms with E-state index in [1.54, 1.807) is 0 Å². The summed E-state index contributed by atoms with van der Waals surface area (Å²) in [6.07, 6.45) is 1.52. The topological polar surface area (TPSA) is 104 Å². The molecule has 1 fully saturated rings. The van der Waals surface area contributed by atoms with Gasteiger partial charge in [-0.2, -0.15) is 0 Å². The first kappa shape index (κ1) is 20.0. The van der Waals surface area contributed by atoms with Gasteiger partial charge in [-0.15, -0.1) is 0 Å². The quantitative estimate of drug-likeness (QED) is 0.607. The molecule has 0 bridgehead atoms. The number of amides is 2. The van der Waals surface area contributed by atoms with Crippen LogP contribution in [-0.4, -0.2) is 40.1 Å². The van der Waals surface area contributed by atoms with E-state index in [2.05, 4.69) is 0 Å². The van der Waals surface area contributed by atoms with Gasteiger partial charge in [-0.1, -0.05) is 67.1 Å². The van der Waals surface area contributed by atoms with Gasteiger partial charge in [-0.25, -0.2) is 0 Å². The highest BCUT2D eigenvalue weighted by Crippen LogP contribution is 2.45. The van der Waals surface area contributed by atoms with Crippen LogP contribution in [0.2, 0.25) is 0 Å². The van der Waals surface area contributed by atoms with Crippen LogP contribution >= 0.6 is 0 Å². The number of nitrogens with zero attached hydrogens (tertiary/aromatic N) is 1. The van der Waals surface area contributed by atoms with E-state index in [1.807, 2.05) is 60.7 Å². The Hall–Kier alpha value is -2.70. The zero-order chi connectivity index (χ0) is 20.1. The summed E-state index contributed by atoms with van der Waals surface area (Å²) >= 11 is 0. The maximum absolute atomic E-state index is 13.6. The molecule has 0 aromatic heterocycles. The van der Waals surface area contributed by atoms with Gasteiger partial charge in [0.1, 0.15) is 5.41 Å². The number of aliphatic hydroxyl groups excluding tert-OH is 2. The summed E-state index contributed by atoms with van der Waals surface area (Å²) < 4.78 is 0. The van der Waals surface area contributed by atoms with Crippen molar-refractivity contribution in [3.8, 4) is 0 Å². The fourth-order valence-electron chi connectivity index (χ4n) is 3.90. The maximum atomic E-state index is 13.6. The lowest BCUT2D eigenvalue weighted by Gasteiger charge is -2.46. The van der Waals surface area contributed by atoms with Crippen LogP contribution in [0.3, 0.4) is 0 Å². The van der Waals surface area contributed by atoms with Gasteiger partial charge < -0.3 is 20.8 Å². The van der Waals surface area contributed by atoms with Crippen LogP contribution < -0.4 is 5.73 Å². The van der Waals surface area contributed by atoms with Gasteiger partial charge in [0.25, 0.3) is 0 Å². The van der Waals surface area contributed by atoms with Crippen molar-refractivity contribution in [2.24, 2.45) is 11.1 Å². The van der Waals surface area contributed by atoms with Crippen LogP contribution in [0, 0.1) is 5.41 Å². The Kier molecular flexibility index (Phi) is 6.11. The molecular weight excluding hydrogens is 356 g/mol. The summed E-state index contributed by atoms with van der Waals surface area (Å²) in [5.74, 6) is -1.08. The minimum Gasteiger partial charge on any atom is -0.394 e. The highest BCUT2D eigenvalue weighted by Gasteiger charge is 2.53. The average molecular weight is 382 g/mol. The van der Waals surface area contributed by atoms with E-state index >= 15 is 0 Å². The van der Waals surface area contributed by atoms with Crippen molar-refractivity contribution in [2.45, 2.75) is 31.3 Å². The van der Waals surface area contributed by atoms with Crippen molar-refractivity contribution in [3.63, 3.8) is 0 Å². The van der Waals surface area contributed by atoms with Crippen LogP contribution in [0.5, 0.6) is 0 Å². The molecule has 6 heteroatoms. The van der Waals surface area contributed by atoms with E-state index in [1.165, 1.54) is 4.90 Å². The first-order valence-corrected chi connectivity index (χ1v) is 9.49. The molecule has 0 aliphatic heterocycles. The Morgan fingerprint density at radius 2 is 1.32 bits per heavy atom. The molecule has 4 N–H and O–H groups in total. The summed E-state index contributed by atoms with van der Waals surface area (Å²) in [6.45, 7) is -0.679. The molecule has 1 aliphatic carbocycles. The van der Waals surface area contributed by atoms with Gasteiger partial charge in [-0.05, 0) is 24.0 Å². The second-order valence-electron chi connectivity index (χ2n) is 7.23. The van der Waals surface area contributed by atoms with E-state index in [0.717, 1.165) is 17.5 Å². The first-order chi connectivity index (χ1) is 13.5. The monoisotopic (exact) mass is 382 g/mol. The van der Waals surface area contributed by atoms with Gasteiger partial charge in [0, 0.05) is 0 Å². The van der Waals surface area contributed by atoms with Crippen molar-refractivity contribution >= 4 is 11.8 Å². The number of aliphatic hydroxyl groups is 2. The molecule has 2 amide bonds. The molecule has 2 aromatic rings. The molecule has 28 heavy (non-hydrogen) atoms. The van der Waals surface area contributed by atoms with Gasteiger partial charge in [0.2, 0.25) is 11.8 Å². The molecule has 3 rings (SSSR count). The Morgan fingerprint density at radius 1 is 0.893 bits per heavy atom. The lowest BCUT2D eigenvalue weighted by atomic mass is 9.66. The zero-order valence-corrected chi connectivity index (χ0v) is 15.7. The van der Waals surface area contributed by atoms with E-state index in [9.17, 15) is 19.8 Å². The molecular formula is C22H26N2O4. The molecule has 0 radical (unpaired) electrons. The highest BCUT2D eigenvalue weighted by molar-refractivity contribution is 6.05. The molecule has 2 atom stereocenters. The lowest BCUT2D eigenvalue weighted by molar-refractivity contribution is -0.162. The second kappa shape index (κ2) is 8.54. The van der Waals surface area contributed by atoms with Gasteiger partial charge >= 0.3 is 0 Å². The second-order valence-corrected chi connectivity index (χ2v) is 7.23. The number of carbonyl (C=O) groups is 2. The number of rotatable bonds is 8. The molecule has 0 heterocycles. The van der Waals surface area contributed by atoms with E-state index < -0.39 is 29.3 Å². The van der Waals surface area contributed by atoms with Crippen LogP contribution in [0.1, 0.15) is 42.5 Å². The van der Waals surface area contributed by atoms with E-state index in [-0.39, 0.29) is 13.2 Å². The minimum atomic E-state index is -1.27. The lowest BCUT2D eigenvalue weighted by Crippen LogP contribution is -2.57. The van der Waals surface area contributed by atoms with Crippen LogP contribution in [0.15, 0.2) is 60.7 Å². The van der Waals surface area contributed by atoms with Crippen LogP contribution in [-0.2, 0) is 9.59 Å². The Balaban J connectivity index is 2.10. The smallest absolute Gasteiger partial charge is 0.239 e. The Morgan fingerprint density at radius 3 is 1.61 bits per heavy atom. The van der Waals surface area contributed by atoms with Crippen molar-refractivity contribution in [3.05, 3.63) is 71.8 Å². The molecule has 6 nitrogen and oxygen atoms in total. The maximum Gasteiger partial charge on any atom is 0.239 e. The van der Waals surface area contributed by atoms with E-state index in [4.69, 9.17) is 5.73 Å². The summed E-state index contributed by atoms with van der Waals surface area (Å²) in [5, 5.41) is 20.4. The average Bonchev–Trinajstić information content (AvgIpc) is 2.68. The predicted octanol–water partition coefficient (Wildman–Crippen LogP) is 1.94. The zero-order valence-electron chi connectivity index (χ0n) is 15.7. The van der Waals surface area contributed by atoms with Crippen LogP contribution in [0.25, 0.3) is 0 Å². The number of nitrogens with two attached hydrogens (primary N) is 1. The Labute approximate surface area is 164 Å². The molecule has 0 saturated heterocycles. The fourth-order valence-corrected chi connectivity index (χ4v) is 3.90. The molecule has 1 saturated carbocycles. The first-order valence-electron chi connectivity index (χ1n) is 9.49.